The number of hydrogen-bond donors (Lipinski definition) is 1. The minimum Gasteiger partial charge on any atom is -0.360 e. The molecular formula is C11H21N3OS2. The van der Waals surface area contributed by atoms with Gasteiger partial charge < -0.3 is 5.32 Å². The van der Waals surface area contributed by atoms with Crippen LogP contribution in [0.4, 0.5) is 5.13 Å². The summed E-state index contributed by atoms with van der Waals surface area (Å²) < 4.78 is 15.5. The highest BCUT2D eigenvalue weighted by atomic mass is 32.2. The second-order valence-electron chi connectivity index (χ2n) is 5.20. The van der Waals surface area contributed by atoms with Crippen molar-refractivity contribution in [1.29, 1.82) is 0 Å². The van der Waals surface area contributed by atoms with E-state index in [1.165, 1.54) is 11.5 Å². The van der Waals surface area contributed by atoms with Gasteiger partial charge in [-0.2, -0.15) is 4.37 Å². The largest absolute Gasteiger partial charge is 0.360 e. The molecule has 1 aromatic heterocycles. The van der Waals surface area contributed by atoms with Crippen LogP contribution < -0.4 is 5.32 Å². The molecule has 0 amide bonds. The molecule has 1 N–H and O–H groups in total. The first-order valence-electron chi connectivity index (χ1n) is 5.71. The van der Waals surface area contributed by atoms with Gasteiger partial charge in [-0.1, -0.05) is 27.7 Å². The summed E-state index contributed by atoms with van der Waals surface area (Å²) in [6, 6.07) is 0. The maximum atomic E-state index is 11.2. The molecule has 0 aliphatic carbocycles. The van der Waals surface area contributed by atoms with E-state index in [0.717, 1.165) is 23.9 Å². The lowest BCUT2D eigenvalue weighted by Gasteiger charge is -2.12. The standard InChI is InChI=1S/C11H21N3OS2/c1-8(17(5)15)6-7-12-10-13-9(14-16-10)11(2,3)4/h8H,6-7H2,1-5H3,(H,12,13,14). The van der Waals surface area contributed by atoms with E-state index in [2.05, 4.69) is 35.4 Å². The van der Waals surface area contributed by atoms with Gasteiger partial charge in [-0.15, -0.1) is 0 Å². The highest BCUT2D eigenvalue weighted by Crippen LogP contribution is 2.22. The molecule has 2 atom stereocenters. The average molecular weight is 275 g/mol. The van der Waals surface area contributed by atoms with Gasteiger partial charge >= 0.3 is 0 Å². The highest BCUT2D eigenvalue weighted by molar-refractivity contribution is 7.84. The highest BCUT2D eigenvalue weighted by Gasteiger charge is 2.19. The summed E-state index contributed by atoms with van der Waals surface area (Å²) in [5.41, 5.74) is -0.00532. The molecule has 0 aliphatic heterocycles. The Labute approximate surface area is 110 Å². The van der Waals surface area contributed by atoms with Crippen LogP contribution in [0, 0.1) is 0 Å². The van der Waals surface area contributed by atoms with Crippen LogP contribution >= 0.6 is 11.5 Å². The van der Waals surface area contributed by atoms with E-state index in [9.17, 15) is 4.21 Å². The first-order valence-corrected chi connectivity index (χ1v) is 8.10. The number of rotatable bonds is 5. The third-order valence-electron chi connectivity index (χ3n) is 2.49. The van der Waals surface area contributed by atoms with Crippen LogP contribution in [0.2, 0.25) is 0 Å². The first-order chi connectivity index (χ1) is 7.80. The Hall–Kier alpha value is -0.490. The zero-order valence-corrected chi connectivity index (χ0v) is 12.7. The smallest absolute Gasteiger partial charge is 0.202 e. The molecule has 0 saturated carbocycles. The van der Waals surface area contributed by atoms with E-state index in [0.29, 0.717) is 0 Å². The van der Waals surface area contributed by atoms with Crippen molar-refractivity contribution in [3.05, 3.63) is 5.82 Å². The number of anilines is 1. The maximum absolute atomic E-state index is 11.2. The van der Waals surface area contributed by atoms with Gasteiger partial charge in [0.1, 0.15) is 5.82 Å². The van der Waals surface area contributed by atoms with E-state index in [-0.39, 0.29) is 10.7 Å². The first kappa shape index (κ1) is 14.6. The molecule has 17 heavy (non-hydrogen) atoms. The monoisotopic (exact) mass is 275 g/mol. The Morgan fingerprint density at radius 3 is 2.59 bits per heavy atom. The van der Waals surface area contributed by atoms with Gasteiger partial charge in [0, 0.05) is 45.8 Å². The van der Waals surface area contributed by atoms with Crippen molar-refractivity contribution in [2.24, 2.45) is 0 Å². The maximum Gasteiger partial charge on any atom is 0.202 e. The predicted molar refractivity (Wildman–Crippen MR) is 75.2 cm³/mol. The molecule has 0 aromatic carbocycles. The average Bonchev–Trinajstić information content (AvgIpc) is 2.65. The van der Waals surface area contributed by atoms with Crippen molar-refractivity contribution < 1.29 is 4.21 Å². The normalized spacial score (nSPS) is 15.6. The molecule has 6 heteroatoms. The Morgan fingerprint density at radius 1 is 1.47 bits per heavy atom. The molecule has 0 spiro atoms. The third kappa shape index (κ3) is 4.71. The van der Waals surface area contributed by atoms with E-state index in [4.69, 9.17) is 0 Å². The molecule has 4 nitrogen and oxygen atoms in total. The molecule has 1 heterocycles. The lowest BCUT2D eigenvalue weighted by atomic mass is 9.96. The summed E-state index contributed by atoms with van der Waals surface area (Å²) in [6.07, 6.45) is 2.63. The lowest BCUT2D eigenvalue weighted by molar-refractivity contribution is 0.555. The van der Waals surface area contributed by atoms with Crippen LogP contribution in [0.25, 0.3) is 0 Å². The molecule has 0 aliphatic rings. The van der Waals surface area contributed by atoms with Gasteiger partial charge in [0.15, 0.2) is 0 Å². The third-order valence-corrected chi connectivity index (χ3v) is 4.53. The van der Waals surface area contributed by atoms with Crippen LogP contribution in [0.15, 0.2) is 0 Å². The molecule has 1 rings (SSSR count). The number of hydrogen-bond acceptors (Lipinski definition) is 5. The molecule has 0 saturated heterocycles. The molecule has 0 radical (unpaired) electrons. The van der Waals surface area contributed by atoms with Crippen molar-refractivity contribution in [2.45, 2.75) is 44.8 Å². The Morgan fingerprint density at radius 2 is 2.12 bits per heavy atom. The quantitative estimate of drug-likeness (QED) is 0.896. The van der Waals surface area contributed by atoms with Crippen LogP contribution in [-0.2, 0) is 16.2 Å². The molecule has 0 fully saturated rings. The van der Waals surface area contributed by atoms with Crippen molar-refractivity contribution >= 4 is 27.5 Å². The van der Waals surface area contributed by atoms with Crippen molar-refractivity contribution in [2.75, 3.05) is 18.1 Å². The zero-order chi connectivity index (χ0) is 13.1. The second-order valence-corrected chi connectivity index (χ2v) is 7.75. The van der Waals surface area contributed by atoms with Gasteiger partial charge in [0.05, 0.1) is 0 Å². The lowest BCUT2D eigenvalue weighted by Crippen LogP contribution is -2.15. The van der Waals surface area contributed by atoms with E-state index < -0.39 is 10.8 Å². The Bertz CT molecular complexity index is 384. The summed E-state index contributed by atoms with van der Waals surface area (Å²) in [7, 11) is -0.750. The molecule has 1 aromatic rings. The topological polar surface area (TPSA) is 54.9 Å². The molecular weight excluding hydrogens is 254 g/mol. The minimum absolute atomic E-state index is 0.00532. The molecule has 98 valence electrons. The van der Waals surface area contributed by atoms with Gasteiger partial charge in [0.2, 0.25) is 5.13 Å². The van der Waals surface area contributed by atoms with Crippen LogP contribution in [0.1, 0.15) is 39.9 Å². The van der Waals surface area contributed by atoms with Crippen molar-refractivity contribution in [3.63, 3.8) is 0 Å². The number of nitrogens with zero attached hydrogens (tertiary/aromatic N) is 2. The van der Waals surface area contributed by atoms with E-state index in [1.807, 2.05) is 6.92 Å². The summed E-state index contributed by atoms with van der Waals surface area (Å²) in [6.45, 7) is 9.08. The number of aromatic nitrogens is 2. The summed E-state index contributed by atoms with van der Waals surface area (Å²) in [5, 5.41) is 4.30. The van der Waals surface area contributed by atoms with Crippen LogP contribution in [0.5, 0.6) is 0 Å². The summed E-state index contributed by atoms with van der Waals surface area (Å²) >= 11 is 1.39. The summed E-state index contributed by atoms with van der Waals surface area (Å²) in [4.78, 5) is 4.44. The predicted octanol–water partition coefficient (Wildman–Crippen LogP) is 2.40. The second kappa shape index (κ2) is 5.91. The minimum atomic E-state index is -0.750. The molecule has 2 unspecified atom stereocenters. The zero-order valence-electron chi connectivity index (χ0n) is 11.1. The van der Waals surface area contributed by atoms with Gasteiger partial charge in [-0.05, 0) is 6.42 Å². The fourth-order valence-corrected chi connectivity index (χ4v) is 2.38. The molecule has 0 bridgehead atoms. The van der Waals surface area contributed by atoms with E-state index in [1.54, 1.807) is 6.26 Å². The Balaban J connectivity index is 2.43. The van der Waals surface area contributed by atoms with Crippen LogP contribution in [-0.4, -0.2) is 31.6 Å². The van der Waals surface area contributed by atoms with E-state index >= 15 is 0 Å². The summed E-state index contributed by atoms with van der Waals surface area (Å²) in [5.74, 6) is 0.872. The SMILES string of the molecule is CC(CCNc1nc(C(C)(C)C)ns1)S(C)=O. The van der Waals surface area contributed by atoms with Crippen molar-refractivity contribution in [3.8, 4) is 0 Å². The van der Waals surface area contributed by atoms with Crippen LogP contribution in [0.3, 0.4) is 0 Å². The van der Waals surface area contributed by atoms with Crippen molar-refractivity contribution in [1.82, 2.24) is 9.36 Å². The van der Waals surface area contributed by atoms with Gasteiger partial charge in [-0.3, -0.25) is 4.21 Å². The fourth-order valence-electron chi connectivity index (χ4n) is 1.15. The Kier molecular flexibility index (Phi) is 5.06. The van der Waals surface area contributed by atoms with Gasteiger partial charge in [-0.25, -0.2) is 4.98 Å². The fraction of sp³-hybridized carbons (Fsp3) is 0.818. The van der Waals surface area contributed by atoms with Gasteiger partial charge in [0.25, 0.3) is 0 Å². The number of nitrogens with one attached hydrogen (secondary N) is 1.